The zero-order chi connectivity index (χ0) is 6.81. The molecule has 0 aromatic rings. The fourth-order valence-electron chi connectivity index (χ4n) is 1.27. The summed E-state index contributed by atoms with van der Waals surface area (Å²) in [6.07, 6.45) is 8.63. The van der Waals surface area contributed by atoms with Gasteiger partial charge in [-0.2, -0.15) is 0 Å². The van der Waals surface area contributed by atoms with Crippen molar-refractivity contribution >= 4 is 5.71 Å². The quantitative estimate of drug-likeness (QED) is 0.514. The number of rotatable bonds is 0. The van der Waals surface area contributed by atoms with Crippen molar-refractivity contribution in [1.29, 1.82) is 0 Å². The van der Waals surface area contributed by atoms with Crippen molar-refractivity contribution in [3.05, 3.63) is 23.9 Å². The lowest BCUT2D eigenvalue weighted by molar-refractivity contribution is 0.793. The highest BCUT2D eigenvalue weighted by Crippen LogP contribution is 2.12. The molecule has 0 aromatic carbocycles. The molecule has 1 aliphatic carbocycles. The maximum Gasteiger partial charge on any atom is 0.282 e. The standard InChI is InChI=1S/C8H10N2/c1-2-4-8-7(3-1)5-9-6-10-8/h1,3,5,9H,2,4,6H2/q+1. The molecule has 0 saturated heterocycles. The van der Waals surface area contributed by atoms with Crippen molar-refractivity contribution in [2.24, 2.45) is 0 Å². The predicted octanol–water partition coefficient (Wildman–Crippen LogP) is 0.558. The molecule has 10 heavy (non-hydrogen) atoms. The van der Waals surface area contributed by atoms with Crippen molar-refractivity contribution in [3.8, 4) is 0 Å². The van der Waals surface area contributed by atoms with Crippen LogP contribution in [0.3, 0.4) is 0 Å². The van der Waals surface area contributed by atoms with Crippen molar-refractivity contribution in [2.75, 3.05) is 6.67 Å². The Bertz CT molecular complexity index is 223. The summed E-state index contributed by atoms with van der Waals surface area (Å²) in [5.74, 6) is 0. The summed E-state index contributed by atoms with van der Waals surface area (Å²) in [4.78, 5) is 4.34. The van der Waals surface area contributed by atoms with E-state index in [9.17, 15) is 0 Å². The third-order valence-electron chi connectivity index (χ3n) is 1.80. The van der Waals surface area contributed by atoms with Crippen LogP contribution in [0.15, 0.2) is 23.9 Å². The predicted molar refractivity (Wildman–Crippen MR) is 41.6 cm³/mol. The second-order valence-electron chi connectivity index (χ2n) is 2.51. The molecule has 1 aliphatic heterocycles. The molecule has 1 N–H and O–H groups in total. The number of nitrogens with one attached hydrogen (secondary N) is 1. The van der Waals surface area contributed by atoms with Gasteiger partial charge in [-0.05, 0) is 6.42 Å². The fourth-order valence-corrected chi connectivity index (χ4v) is 1.27. The van der Waals surface area contributed by atoms with E-state index in [4.69, 9.17) is 0 Å². The molecule has 2 aliphatic rings. The molecular weight excluding hydrogens is 124 g/mol. The Morgan fingerprint density at radius 1 is 1.50 bits per heavy atom. The summed E-state index contributed by atoms with van der Waals surface area (Å²) in [5.41, 5.74) is 2.53. The highest BCUT2D eigenvalue weighted by molar-refractivity contribution is 6.02. The number of hydrogen-bond donors (Lipinski definition) is 1. The van der Waals surface area contributed by atoms with Crippen LogP contribution in [0.5, 0.6) is 0 Å². The molecular formula is C8H10N2+. The van der Waals surface area contributed by atoms with Gasteiger partial charge in [0.1, 0.15) is 0 Å². The summed E-state index contributed by atoms with van der Waals surface area (Å²) < 4.78 is 0. The van der Waals surface area contributed by atoms with Gasteiger partial charge in [-0.1, -0.05) is 12.2 Å². The van der Waals surface area contributed by atoms with Gasteiger partial charge in [-0.25, -0.2) is 0 Å². The van der Waals surface area contributed by atoms with Crippen LogP contribution < -0.4 is 10.3 Å². The first kappa shape index (κ1) is 5.71. The zero-order valence-electron chi connectivity index (χ0n) is 5.80. The van der Waals surface area contributed by atoms with Crippen LogP contribution in [0.4, 0.5) is 0 Å². The molecule has 1 heterocycles. The largest absolute Gasteiger partial charge is 0.331 e. The molecule has 51 valence electrons. The minimum Gasteiger partial charge on any atom is -0.331 e. The average molecular weight is 134 g/mol. The minimum absolute atomic E-state index is 0.757. The first-order chi connectivity index (χ1) is 4.97. The van der Waals surface area contributed by atoms with E-state index in [0.717, 1.165) is 19.5 Å². The van der Waals surface area contributed by atoms with E-state index >= 15 is 0 Å². The van der Waals surface area contributed by atoms with Gasteiger partial charge in [0.05, 0.1) is 5.57 Å². The maximum absolute atomic E-state index is 4.34. The molecule has 1 radical (unpaired) electrons. The highest BCUT2D eigenvalue weighted by atomic mass is 15.0. The smallest absolute Gasteiger partial charge is 0.282 e. The third-order valence-corrected chi connectivity index (χ3v) is 1.80. The monoisotopic (exact) mass is 134 g/mol. The van der Waals surface area contributed by atoms with E-state index in [1.807, 2.05) is 6.20 Å². The van der Waals surface area contributed by atoms with Gasteiger partial charge in [-0.3, -0.25) is 0 Å². The molecule has 0 atom stereocenters. The second kappa shape index (κ2) is 2.29. The summed E-state index contributed by atoms with van der Waals surface area (Å²) in [7, 11) is 0. The summed E-state index contributed by atoms with van der Waals surface area (Å²) in [6.45, 7) is 0.757. The van der Waals surface area contributed by atoms with E-state index in [2.05, 4.69) is 22.5 Å². The van der Waals surface area contributed by atoms with E-state index in [-0.39, 0.29) is 0 Å². The van der Waals surface area contributed by atoms with Gasteiger partial charge >= 0.3 is 0 Å². The Labute approximate surface area is 60.3 Å². The Hall–Kier alpha value is -1.05. The lowest BCUT2D eigenvalue weighted by atomic mass is 10.00. The molecule has 2 heteroatoms. The summed E-state index contributed by atoms with van der Waals surface area (Å²) in [5, 5.41) is 3.08. The highest BCUT2D eigenvalue weighted by Gasteiger charge is 2.19. The van der Waals surface area contributed by atoms with Gasteiger partial charge in [-0.15, -0.1) is 0 Å². The van der Waals surface area contributed by atoms with Gasteiger partial charge in [0, 0.05) is 17.6 Å². The number of allylic oxidation sites excluding steroid dienone is 3. The Kier molecular flexibility index (Phi) is 1.31. The van der Waals surface area contributed by atoms with Crippen molar-refractivity contribution in [3.63, 3.8) is 0 Å². The van der Waals surface area contributed by atoms with Gasteiger partial charge in [0.2, 0.25) is 0 Å². The number of nitrogens with zero attached hydrogens (tertiary/aromatic N) is 1. The molecule has 2 nitrogen and oxygen atoms in total. The third kappa shape index (κ3) is 0.856. The lowest BCUT2D eigenvalue weighted by Gasteiger charge is -2.06. The van der Waals surface area contributed by atoms with Gasteiger partial charge in [0.15, 0.2) is 0 Å². The molecule has 0 unspecified atom stereocenters. The van der Waals surface area contributed by atoms with Crippen LogP contribution in [-0.4, -0.2) is 12.4 Å². The van der Waals surface area contributed by atoms with Crippen LogP contribution in [-0.2, 0) is 0 Å². The fraction of sp³-hybridized carbons (Fsp3) is 0.375. The van der Waals surface area contributed by atoms with Crippen molar-refractivity contribution in [2.45, 2.75) is 12.8 Å². The van der Waals surface area contributed by atoms with Gasteiger partial charge in [0.25, 0.3) is 12.4 Å². The second-order valence-corrected chi connectivity index (χ2v) is 2.51. The van der Waals surface area contributed by atoms with Crippen LogP contribution in [0.2, 0.25) is 0 Å². The molecule has 0 fully saturated rings. The molecule has 0 bridgehead atoms. The van der Waals surface area contributed by atoms with Gasteiger partial charge < -0.3 is 5.32 Å². The van der Waals surface area contributed by atoms with Crippen LogP contribution in [0.25, 0.3) is 0 Å². The first-order valence-corrected chi connectivity index (χ1v) is 3.60. The number of fused-ring (bicyclic) bond motifs is 1. The molecule has 0 aromatic heterocycles. The van der Waals surface area contributed by atoms with Crippen LogP contribution in [0.1, 0.15) is 12.8 Å². The first-order valence-electron chi connectivity index (χ1n) is 3.60. The molecule has 2 rings (SSSR count). The molecule has 0 amide bonds. The number of hydrogen-bond acceptors (Lipinski definition) is 2. The molecule has 0 spiro atoms. The van der Waals surface area contributed by atoms with Crippen LogP contribution in [0, 0.1) is 0 Å². The van der Waals surface area contributed by atoms with E-state index in [1.54, 1.807) is 0 Å². The Morgan fingerprint density at radius 3 is 3.40 bits per heavy atom. The lowest BCUT2D eigenvalue weighted by Crippen LogP contribution is -2.26. The SMILES string of the molecule is C1=CC2=CNC[N+]=C2CC1. The Morgan fingerprint density at radius 2 is 2.50 bits per heavy atom. The van der Waals surface area contributed by atoms with E-state index in [1.165, 1.54) is 11.3 Å². The zero-order valence-corrected chi connectivity index (χ0v) is 5.80. The van der Waals surface area contributed by atoms with Crippen LogP contribution >= 0.6 is 0 Å². The minimum atomic E-state index is 0.757. The summed E-state index contributed by atoms with van der Waals surface area (Å²) in [6, 6.07) is 0. The van der Waals surface area contributed by atoms with Crippen molar-refractivity contribution < 1.29 is 0 Å². The van der Waals surface area contributed by atoms with E-state index < -0.39 is 0 Å². The van der Waals surface area contributed by atoms with E-state index in [0.29, 0.717) is 0 Å². The summed E-state index contributed by atoms with van der Waals surface area (Å²) >= 11 is 0. The Balaban J connectivity index is 2.33. The molecule has 0 saturated carbocycles. The average Bonchev–Trinajstić information content (AvgIpc) is 2.05. The topological polar surface area (TPSA) is 26.1 Å². The number of aliphatic imine (C=N–C) groups is 1. The van der Waals surface area contributed by atoms with Crippen molar-refractivity contribution in [1.82, 2.24) is 10.3 Å². The maximum atomic E-state index is 4.34. The normalized spacial score (nSPS) is 22.4.